The van der Waals surface area contributed by atoms with E-state index in [0.717, 1.165) is 11.1 Å². The van der Waals surface area contributed by atoms with Crippen molar-refractivity contribution in [1.29, 1.82) is 0 Å². The minimum absolute atomic E-state index is 0.0766. The van der Waals surface area contributed by atoms with Crippen LogP contribution in [-0.4, -0.2) is 28.3 Å². The van der Waals surface area contributed by atoms with E-state index in [9.17, 15) is 9.59 Å². The van der Waals surface area contributed by atoms with Crippen LogP contribution >= 0.6 is 23.1 Å². The Hall–Kier alpha value is -3.10. The molecular formula is C23H21N3O3S2. The molecule has 6 nitrogen and oxygen atoms in total. The molecule has 4 rings (SSSR count). The number of anilines is 1. The molecule has 8 heteroatoms. The molecule has 4 aromatic rings. The Kier molecular flexibility index (Phi) is 6.39. The summed E-state index contributed by atoms with van der Waals surface area (Å²) in [5.74, 6) is 0.526. The summed E-state index contributed by atoms with van der Waals surface area (Å²) >= 11 is 2.66. The molecule has 0 aliphatic carbocycles. The molecule has 2 aromatic heterocycles. The maximum Gasteiger partial charge on any atom is 0.272 e. The third-order valence-corrected chi connectivity index (χ3v) is 6.69. The molecule has 0 aliphatic rings. The molecule has 2 aromatic carbocycles. The summed E-state index contributed by atoms with van der Waals surface area (Å²) in [6.07, 6.45) is 0. The van der Waals surface area contributed by atoms with Gasteiger partial charge in [-0.15, -0.1) is 11.3 Å². The number of carbonyl (C=O) groups is 1. The summed E-state index contributed by atoms with van der Waals surface area (Å²) in [4.78, 5) is 30.4. The van der Waals surface area contributed by atoms with E-state index in [4.69, 9.17) is 9.72 Å². The van der Waals surface area contributed by atoms with Crippen molar-refractivity contribution < 1.29 is 9.53 Å². The number of thiophene rings is 1. The first-order chi connectivity index (χ1) is 15.1. The van der Waals surface area contributed by atoms with Crippen LogP contribution in [0.1, 0.15) is 6.92 Å². The average Bonchev–Trinajstić information content (AvgIpc) is 3.23. The van der Waals surface area contributed by atoms with Crippen LogP contribution in [0.2, 0.25) is 0 Å². The molecule has 0 bridgehead atoms. The van der Waals surface area contributed by atoms with Gasteiger partial charge in [0, 0.05) is 17.5 Å². The van der Waals surface area contributed by atoms with Gasteiger partial charge in [0.1, 0.15) is 10.4 Å². The van der Waals surface area contributed by atoms with Crippen LogP contribution in [0, 0.1) is 0 Å². The van der Waals surface area contributed by atoms with Gasteiger partial charge in [-0.1, -0.05) is 54.2 Å². The molecule has 2 heterocycles. The van der Waals surface area contributed by atoms with Gasteiger partial charge in [-0.3, -0.25) is 14.2 Å². The fourth-order valence-electron chi connectivity index (χ4n) is 3.26. The first-order valence-corrected chi connectivity index (χ1v) is 11.6. The monoisotopic (exact) mass is 451 g/mol. The lowest BCUT2D eigenvalue weighted by atomic mass is 10.1. The molecule has 158 valence electrons. The average molecular weight is 452 g/mol. The summed E-state index contributed by atoms with van der Waals surface area (Å²) in [5, 5.41) is 5.36. The molecular weight excluding hydrogens is 430 g/mol. The fraction of sp³-hybridized carbons (Fsp3) is 0.174. The molecule has 0 radical (unpaired) electrons. The van der Waals surface area contributed by atoms with E-state index in [1.165, 1.54) is 23.1 Å². The number of hydrogen-bond acceptors (Lipinski definition) is 6. The Balaban J connectivity index is 1.62. The molecule has 0 aliphatic heterocycles. The summed E-state index contributed by atoms with van der Waals surface area (Å²) in [6.45, 7) is 2.39. The topological polar surface area (TPSA) is 73.2 Å². The minimum Gasteiger partial charge on any atom is -0.495 e. The number of aromatic nitrogens is 2. The zero-order valence-electron chi connectivity index (χ0n) is 17.1. The van der Waals surface area contributed by atoms with Gasteiger partial charge in [0.2, 0.25) is 5.91 Å². The Morgan fingerprint density at radius 2 is 1.90 bits per heavy atom. The van der Waals surface area contributed by atoms with Crippen LogP contribution in [0.3, 0.4) is 0 Å². The second kappa shape index (κ2) is 9.36. The molecule has 0 spiro atoms. The van der Waals surface area contributed by atoms with Gasteiger partial charge in [-0.05, 0) is 24.6 Å². The lowest BCUT2D eigenvalue weighted by molar-refractivity contribution is -0.113. The maximum absolute atomic E-state index is 13.0. The number of para-hydroxylation sites is 2. The van der Waals surface area contributed by atoms with Crippen molar-refractivity contribution in [3.63, 3.8) is 0 Å². The van der Waals surface area contributed by atoms with Crippen molar-refractivity contribution in [3.8, 4) is 16.9 Å². The maximum atomic E-state index is 13.0. The van der Waals surface area contributed by atoms with Gasteiger partial charge in [0.05, 0.1) is 24.1 Å². The number of carbonyl (C=O) groups excluding carboxylic acids is 1. The summed E-state index contributed by atoms with van der Waals surface area (Å²) < 4.78 is 7.53. The number of nitrogens with one attached hydrogen (secondary N) is 1. The van der Waals surface area contributed by atoms with Crippen LogP contribution in [0.5, 0.6) is 5.75 Å². The van der Waals surface area contributed by atoms with E-state index in [1.54, 1.807) is 23.8 Å². The van der Waals surface area contributed by atoms with Crippen LogP contribution in [0.4, 0.5) is 5.69 Å². The third-order valence-electron chi connectivity index (χ3n) is 4.76. The fourth-order valence-corrected chi connectivity index (χ4v) is 5.07. The molecule has 0 unspecified atom stereocenters. The largest absolute Gasteiger partial charge is 0.495 e. The summed E-state index contributed by atoms with van der Waals surface area (Å²) in [6, 6.07) is 17.1. The number of thioether (sulfide) groups is 1. The Morgan fingerprint density at radius 3 is 2.65 bits per heavy atom. The number of methoxy groups -OCH3 is 1. The number of nitrogens with zero attached hydrogens (tertiary/aromatic N) is 2. The van der Waals surface area contributed by atoms with Crippen LogP contribution < -0.4 is 15.6 Å². The number of ether oxygens (including phenoxy) is 1. The Morgan fingerprint density at radius 1 is 1.16 bits per heavy atom. The zero-order valence-corrected chi connectivity index (χ0v) is 18.8. The smallest absolute Gasteiger partial charge is 0.272 e. The molecule has 0 atom stereocenters. The number of amides is 1. The standard InChI is InChI=1S/C23H21N3O3S2/c1-3-26-22(28)21-20(16(13-30-21)15-9-5-4-6-10-15)25-23(26)31-14-19(27)24-17-11-7-8-12-18(17)29-2/h4-13H,3,14H2,1-2H3,(H,24,27). The van der Waals surface area contributed by atoms with Gasteiger partial charge in [0.15, 0.2) is 5.16 Å². The van der Waals surface area contributed by atoms with Gasteiger partial charge in [0.25, 0.3) is 5.56 Å². The van der Waals surface area contributed by atoms with E-state index >= 15 is 0 Å². The van der Waals surface area contributed by atoms with Crippen molar-refractivity contribution in [1.82, 2.24) is 9.55 Å². The zero-order chi connectivity index (χ0) is 21.8. The van der Waals surface area contributed by atoms with Crippen LogP contribution in [0.15, 0.2) is 69.9 Å². The SMILES string of the molecule is CCn1c(SCC(=O)Nc2ccccc2OC)nc2c(-c3ccccc3)csc2c1=O. The number of benzene rings is 2. The third kappa shape index (κ3) is 4.35. The van der Waals surface area contributed by atoms with Crippen molar-refractivity contribution in [2.45, 2.75) is 18.6 Å². The quantitative estimate of drug-likeness (QED) is 0.320. The highest BCUT2D eigenvalue weighted by Crippen LogP contribution is 2.32. The van der Waals surface area contributed by atoms with E-state index < -0.39 is 0 Å². The Labute approximate surface area is 187 Å². The molecule has 1 N–H and O–H groups in total. The number of fused-ring (bicyclic) bond motifs is 1. The lowest BCUT2D eigenvalue weighted by Gasteiger charge is -2.12. The van der Waals surface area contributed by atoms with Gasteiger partial charge >= 0.3 is 0 Å². The first kappa shape index (κ1) is 21.1. The second-order valence-corrected chi connectivity index (χ2v) is 8.50. The highest BCUT2D eigenvalue weighted by atomic mass is 32.2. The van der Waals surface area contributed by atoms with Gasteiger partial charge in [-0.25, -0.2) is 4.98 Å². The lowest BCUT2D eigenvalue weighted by Crippen LogP contribution is -2.23. The van der Waals surface area contributed by atoms with E-state index in [0.29, 0.717) is 33.4 Å². The normalized spacial score (nSPS) is 10.9. The summed E-state index contributed by atoms with van der Waals surface area (Å²) in [7, 11) is 1.56. The molecule has 1 amide bonds. The van der Waals surface area contributed by atoms with Crippen molar-refractivity contribution in [2.24, 2.45) is 0 Å². The van der Waals surface area contributed by atoms with E-state index in [1.807, 2.05) is 54.8 Å². The molecule has 31 heavy (non-hydrogen) atoms. The highest BCUT2D eigenvalue weighted by molar-refractivity contribution is 7.99. The number of hydrogen-bond donors (Lipinski definition) is 1. The van der Waals surface area contributed by atoms with Gasteiger partial charge < -0.3 is 10.1 Å². The van der Waals surface area contributed by atoms with Gasteiger partial charge in [-0.2, -0.15) is 0 Å². The number of rotatable bonds is 7. The van der Waals surface area contributed by atoms with E-state index in [-0.39, 0.29) is 17.2 Å². The predicted octanol–water partition coefficient (Wildman–Crippen LogP) is 4.88. The van der Waals surface area contributed by atoms with Crippen molar-refractivity contribution in [3.05, 3.63) is 70.3 Å². The van der Waals surface area contributed by atoms with E-state index in [2.05, 4.69) is 5.32 Å². The van der Waals surface area contributed by atoms with Crippen LogP contribution in [-0.2, 0) is 11.3 Å². The minimum atomic E-state index is -0.194. The summed E-state index contributed by atoms with van der Waals surface area (Å²) in [5.41, 5.74) is 3.16. The molecule has 0 saturated carbocycles. The van der Waals surface area contributed by atoms with Crippen molar-refractivity contribution >= 4 is 44.9 Å². The molecule has 0 saturated heterocycles. The first-order valence-electron chi connectivity index (χ1n) is 9.75. The highest BCUT2D eigenvalue weighted by Gasteiger charge is 2.17. The van der Waals surface area contributed by atoms with Crippen LogP contribution in [0.25, 0.3) is 21.3 Å². The second-order valence-electron chi connectivity index (χ2n) is 6.67. The van der Waals surface area contributed by atoms with Crippen molar-refractivity contribution in [2.75, 3.05) is 18.2 Å². The molecule has 0 fully saturated rings. The predicted molar refractivity (Wildman–Crippen MR) is 127 cm³/mol. The Bertz CT molecular complexity index is 1280.